The molecule has 0 saturated carbocycles. The largest absolute Gasteiger partial charge is 0.497 e. The Labute approximate surface area is 202 Å². The number of nitrogens with one attached hydrogen (secondary N) is 1. The standard InChI is InChI=1S/C26H35ClN2O4/c1-4-6-17-28-26(31)24(5-2)29(19-20-9-11-21(27)12-10-20)25(30)8-7-18-33-23-15-13-22(32-3)14-16-23/h9-16,24H,4-8,17-19H2,1-3H3,(H,28,31)/t24-/m0/s1. The van der Waals surface area contributed by atoms with E-state index in [0.717, 1.165) is 29.9 Å². The zero-order chi connectivity index (χ0) is 24.1. The number of unbranched alkanes of at least 4 members (excludes halogenated alkanes) is 1. The van der Waals surface area contributed by atoms with Crippen LogP contribution in [0.2, 0.25) is 5.02 Å². The minimum absolute atomic E-state index is 0.0687. The van der Waals surface area contributed by atoms with Crippen LogP contribution < -0.4 is 14.8 Å². The van der Waals surface area contributed by atoms with Gasteiger partial charge in [-0.1, -0.05) is 44.0 Å². The first-order chi connectivity index (χ1) is 16.0. The van der Waals surface area contributed by atoms with E-state index in [1.165, 1.54) is 0 Å². The minimum Gasteiger partial charge on any atom is -0.497 e. The molecule has 2 rings (SSSR count). The third-order valence-electron chi connectivity index (χ3n) is 5.34. The monoisotopic (exact) mass is 474 g/mol. The summed E-state index contributed by atoms with van der Waals surface area (Å²) in [5.74, 6) is 1.31. The molecule has 33 heavy (non-hydrogen) atoms. The van der Waals surface area contributed by atoms with Gasteiger partial charge in [0.25, 0.3) is 0 Å². The average Bonchev–Trinajstić information content (AvgIpc) is 2.83. The first-order valence-corrected chi connectivity index (χ1v) is 11.9. The van der Waals surface area contributed by atoms with Crippen molar-refractivity contribution in [2.24, 2.45) is 0 Å². The normalized spacial score (nSPS) is 11.5. The van der Waals surface area contributed by atoms with Gasteiger partial charge in [-0.3, -0.25) is 9.59 Å². The lowest BCUT2D eigenvalue weighted by atomic mass is 10.1. The molecule has 1 N–H and O–H groups in total. The number of carbonyl (C=O) groups excluding carboxylic acids is 2. The molecule has 0 heterocycles. The number of benzene rings is 2. The van der Waals surface area contributed by atoms with Gasteiger partial charge in [-0.25, -0.2) is 0 Å². The first kappa shape index (κ1) is 26.5. The van der Waals surface area contributed by atoms with Crippen LogP contribution in [-0.4, -0.2) is 43.0 Å². The number of amides is 2. The van der Waals surface area contributed by atoms with Crippen molar-refractivity contribution in [2.75, 3.05) is 20.3 Å². The molecule has 0 unspecified atom stereocenters. The Bertz CT molecular complexity index is 856. The van der Waals surface area contributed by atoms with Crippen LogP contribution in [0.5, 0.6) is 11.5 Å². The van der Waals surface area contributed by atoms with Crippen LogP contribution >= 0.6 is 11.6 Å². The van der Waals surface area contributed by atoms with E-state index in [1.54, 1.807) is 24.1 Å². The highest BCUT2D eigenvalue weighted by Gasteiger charge is 2.28. The van der Waals surface area contributed by atoms with Crippen molar-refractivity contribution in [1.82, 2.24) is 10.2 Å². The number of hydrogen-bond acceptors (Lipinski definition) is 4. The summed E-state index contributed by atoms with van der Waals surface area (Å²) in [6.45, 7) is 5.39. The van der Waals surface area contributed by atoms with Crippen LogP contribution in [0.15, 0.2) is 48.5 Å². The Balaban J connectivity index is 2.00. The third kappa shape index (κ3) is 8.97. The maximum atomic E-state index is 13.2. The van der Waals surface area contributed by atoms with E-state index in [4.69, 9.17) is 21.1 Å². The highest BCUT2D eigenvalue weighted by atomic mass is 35.5. The van der Waals surface area contributed by atoms with E-state index in [-0.39, 0.29) is 11.8 Å². The predicted octanol–water partition coefficient (Wildman–Crippen LogP) is 5.23. The maximum absolute atomic E-state index is 13.2. The second-order valence-corrected chi connectivity index (χ2v) is 8.28. The summed E-state index contributed by atoms with van der Waals surface area (Å²) in [7, 11) is 1.62. The molecule has 0 radical (unpaired) electrons. The molecule has 0 bridgehead atoms. The fourth-order valence-corrected chi connectivity index (χ4v) is 3.57. The average molecular weight is 475 g/mol. The van der Waals surface area contributed by atoms with Crippen molar-refractivity contribution in [3.05, 3.63) is 59.1 Å². The summed E-state index contributed by atoms with van der Waals surface area (Å²) >= 11 is 6.01. The van der Waals surface area contributed by atoms with Crippen molar-refractivity contribution in [3.8, 4) is 11.5 Å². The summed E-state index contributed by atoms with van der Waals surface area (Å²) in [5, 5.41) is 3.61. The van der Waals surface area contributed by atoms with Crippen LogP contribution in [0.1, 0.15) is 51.5 Å². The molecular weight excluding hydrogens is 440 g/mol. The Morgan fingerprint density at radius 1 is 1.00 bits per heavy atom. The molecule has 1 atom stereocenters. The van der Waals surface area contributed by atoms with Gasteiger partial charge >= 0.3 is 0 Å². The number of hydrogen-bond donors (Lipinski definition) is 1. The molecule has 0 spiro atoms. The van der Waals surface area contributed by atoms with Crippen molar-refractivity contribution in [2.45, 2.75) is 58.5 Å². The molecule has 0 aliphatic heterocycles. The van der Waals surface area contributed by atoms with E-state index in [2.05, 4.69) is 12.2 Å². The molecule has 2 aromatic rings. The third-order valence-corrected chi connectivity index (χ3v) is 5.60. The Kier molecular flexibility index (Phi) is 11.6. The highest BCUT2D eigenvalue weighted by molar-refractivity contribution is 6.30. The quantitative estimate of drug-likeness (QED) is 0.380. The van der Waals surface area contributed by atoms with Crippen LogP contribution in [0.3, 0.4) is 0 Å². The van der Waals surface area contributed by atoms with Crippen molar-refractivity contribution in [1.29, 1.82) is 0 Å². The Morgan fingerprint density at radius 2 is 1.67 bits per heavy atom. The van der Waals surface area contributed by atoms with Gasteiger partial charge in [-0.2, -0.15) is 0 Å². The lowest BCUT2D eigenvalue weighted by Crippen LogP contribution is -2.49. The topological polar surface area (TPSA) is 67.9 Å². The second kappa shape index (κ2) is 14.4. The van der Waals surface area contributed by atoms with E-state index >= 15 is 0 Å². The summed E-state index contributed by atoms with van der Waals surface area (Å²) in [6, 6.07) is 14.2. The molecule has 180 valence electrons. The number of methoxy groups -OCH3 is 1. The van der Waals surface area contributed by atoms with Crippen LogP contribution in [0.4, 0.5) is 0 Å². The summed E-state index contributed by atoms with van der Waals surface area (Å²) in [6.07, 6.45) is 3.30. The zero-order valence-corrected chi connectivity index (χ0v) is 20.6. The van der Waals surface area contributed by atoms with Crippen molar-refractivity contribution < 1.29 is 19.1 Å². The molecule has 6 nitrogen and oxygen atoms in total. The highest BCUT2D eigenvalue weighted by Crippen LogP contribution is 2.19. The molecule has 0 fully saturated rings. The second-order valence-electron chi connectivity index (χ2n) is 7.84. The zero-order valence-electron chi connectivity index (χ0n) is 19.8. The number of halogens is 1. The van der Waals surface area contributed by atoms with Gasteiger partial charge < -0.3 is 19.7 Å². The predicted molar refractivity (Wildman–Crippen MR) is 132 cm³/mol. The van der Waals surface area contributed by atoms with Gasteiger partial charge in [0.2, 0.25) is 11.8 Å². The van der Waals surface area contributed by atoms with Gasteiger partial charge in [-0.15, -0.1) is 0 Å². The van der Waals surface area contributed by atoms with Crippen molar-refractivity contribution in [3.63, 3.8) is 0 Å². The van der Waals surface area contributed by atoms with E-state index in [9.17, 15) is 9.59 Å². The van der Waals surface area contributed by atoms with Gasteiger partial charge in [0.05, 0.1) is 13.7 Å². The van der Waals surface area contributed by atoms with Crippen LogP contribution in [-0.2, 0) is 16.1 Å². The lowest BCUT2D eigenvalue weighted by Gasteiger charge is -2.31. The number of carbonyl (C=O) groups is 2. The molecular formula is C26H35ClN2O4. The van der Waals surface area contributed by atoms with Crippen LogP contribution in [0, 0.1) is 0 Å². The SMILES string of the molecule is CCCCNC(=O)[C@H](CC)N(Cc1ccc(Cl)cc1)C(=O)CCCOc1ccc(OC)cc1. The number of nitrogens with zero attached hydrogens (tertiary/aromatic N) is 1. The van der Waals surface area contributed by atoms with Crippen LogP contribution in [0.25, 0.3) is 0 Å². The van der Waals surface area contributed by atoms with E-state index in [1.807, 2.05) is 43.3 Å². The maximum Gasteiger partial charge on any atom is 0.242 e. The van der Waals surface area contributed by atoms with Gasteiger partial charge in [0, 0.05) is 24.5 Å². The smallest absolute Gasteiger partial charge is 0.242 e. The summed E-state index contributed by atoms with van der Waals surface area (Å²) < 4.78 is 10.9. The van der Waals surface area contributed by atoms with Gasteiger partial charge in [0.15, 0.2) is 0 Å². The number of ether oxygens (including phenoxy) is 2. The molecule has 0 aliphatic carbocycles. The molecule has 0 aliphatic rings. The van der Waals surface area contributed by atoms with Gasteiger partial charge in [-0.05, 0) is 61.2 Å². The first-order valence-electron chi connectivity index (χ1n) is 11.6. The molecule has 7 heteroatoms. The molecule has 2 amide bonds. The summed E-state index contributed by atoms with van der Waals surface area (Å²) in [5.41, 5.74) is 0.932. The van der Waals surface area contributed by atoms with E-state index < -0.39 is 6.04 Å². The van der Waals surface area contributed by atoms with Crippen molar-refractivity contribution >= 4 is 23.4 Å². The fraction of sp³-hybridized carbons (Fsp3) is 0.462. The fourth-order valence-electron chi connectivity index (χ4n) is 3.44. The number of rotatable bonds is 14. The molecule has 0 saturated heterocycles. The Morgan fingerprint density at radius 3 is 2.27 bits per heavy atom. The molecule has 0 aromatic heterocycles. The minimum atomic E-state index is -0.521. The molecule has 2 aromatic carbocycles. The Hall–Kier alpha value is -2.73. The summed E-state index contributed by atoms with van der Waals surface area (Å²) in [4.78, 5) is 27.7. The van der Waals surface area contributed by atoms with E-state index in [0.29, 0.717) is 44.0 Å². The lowest BCUT2D eigenvalue weighted by molar-refractivity contribution is -0.141. The van der Waals surface area contributed by atoms with Gasteiger partial charge in [0.1, 0.15) is 17.5 Å².